The molecule has 1 aliphatic rings. The molecule has 0 amide bonds. The highest BCUT2D eigenvalue weighted by Crippen LogP contribution is 2.23. The number of hydrogen-bond donors (Lipinski definition) is 1. The fourth-order valence-electron chi connectivity index (χ4n) is 2.11. The van der Waals surface area contributed by atoms with Gasteiger partial charge in [-0.25, -0.2) is 8.42 Å². The molecular formula is C10H15N3O4S. The number of aliphatic carboxylic acids is 1. The van der Waals surface area contributed by atoms with Gasteiger partial charge in [0.05, 0.1) is 12.1 Å². The topological polar surface area (TPSA) is 92.5 Å². The van der Waals surface area contributed by atoms with Gasteiger partial charge in [-0.15, -0.1) is 0 Å². The number of carboxylic acid groups (broad SMARTS) is 1. The van der Waals surface area contributed by atoms with E-state index < -0.39 is 21.9 Å². The summed E-state index contributed by atoms with van der Waals surface area (Å²) in [6.45, 7) is 0.389. The predicted octanol–water partition coefficient (Wildman–Crippen LogP) is -0.0946. The van der Waals surface area contributed by atoms with E-state index in [1.54, 1.807) is 7.05 Å². The summed E-state index contributed by atoms with van der Waals surface area (Å²) >= 11 is 0. The molecule has 0 unspecified atom stereocenters. The minimum absolute atomic E-state index is 0.0306. The molecule has 8 heteroatoms. The standard InChI is InChI=1S/C10H15N3O4S/c1-12-9(4-5-11-12)18(16,17)13-6-2-3-8(7-13)10(14)15/h4-5,8H,2-3,6-7H2,1H3,(H,14,15)/t8-/m0/s1. The first-order valence-corrected chi connectivity index (χ1v) is 7.08. The van der Waals surface area contributed by atoms with Crippen molar-refractivity contribution >= 4 is 16.0 Å². The Bertz CT molecular complexity index is 551. The zero-order chi connectivity index (χ0) is 13.3. The fourth-order valence-corrected chi connectivity index (χ4v) is 3.73. The Balaban J connectivity index is 2.26. The number of carboxylic acids is 1. The van der Waals surface area contributed by atoms with E-state index in [1.165, 1.54) is 21.3 Å². The van der Waals surface area contributed by atoms with E-state index in [2.05, 4.69) is 5.10 Å². The van der Waals surface area contributed by atoms with Gasteiger partial charge in [0.15, 0.2) is 5.03 Å². The van der Waals surface area contributed by atoms with Gasteiger partial charge in [-0.2, -0.15) is 9.40 Å². The quantitative estimate of drug-likeness (QED) is 0.830. The highest BCUT2D eigenvalue weighted by Gasteiger charge is 2.34. The van der Waals surface area contributed by atoms with E-state index in [-0.39, 0.29) is 11.6 Å². The molecule has 1 aromatic rings. The van der Waals surface area contributed by atoms with E-state index in [0.29, 0.717) is 19.4 Å². The van der Waals surface area contributed by atoms with Gasteiger partial charge in [0.1, 0.15) is 0 Å². The minimum Gasteiger partial charge on any atom is -0.481 e. The first kappa shape index (κ1) is 13.0. The van der Waals surface area contributed by atoms with Crippen molar-refractivity contribution in [3.05, 3.63) is 12.3 Å². The highest BCUT2D eigenvalue weighted by atomic mass is 32.2. The normalized spacial score (nSPS) is 21.9. The maximum Gasteiger partial charge on any atom is 0.307 e. The number of aryl methyl sites for hydroxylation is 1. The monoisotopic (exact) mass is 273 g/mol. The van der Waals surface area contributed by atoms with Crippen molar-refractivity contribution in [3.8, 4) is 0 Å². The molecule has 0 radical (unpaired) electrons. The summed E-state index contributed by atoms with van der Waals surface area (Å²) in [5, 5.41) is 12.9. The second-order valence-electron chi connectivity index (χ2n) is 4.33. The molecular weight excluding hydrogens is 258 g/mol. The van der Waals surface area contributed by atoms with Crippen LogP contribution in [-0.2, 0) is 21.9 Å². The van der Waals surface area contributed by atoms with Crippen LogP contribution in [0.25, 0.3) is 0 Å². The Hall–Kier alpha value is -1.41. The van der Waals surface area contributed by atoms with Crippen molar-refractivity contribution in [2.45, 2.75) is 17.9 Å². The molecule has 2 heterocycles. The number of nitrogens with zero attached hydrogens (tertiary/aromatic N) is 3. The smallest absolute Gasteiger partial charge is 0.307 e. The van der Waals surface area contributed by atoms with Crippen molar-refractivity contribution in [1.29, 1.82) is 0 Å². The lowest BCUT2D eigenvalue weighted by atomic mass is 10.0. The van der Waals surface area contributed by atoms with Crippen molar-refractivity contribution in [1.82, 2.24) is 14.1 Å². The lowest BCUT2D eigenvalue weighted by Crippen LogP contribution is -2.42. The summed E-state index contributed by atoms with van der Waals surface area (Å²) in [5.74, 6) is -1.57. The van der Waals surface area contributed by atoms with Gasteiger partial charge < -0.3 is 5.11 Å². The molecule has 1 atom stereocenters. The lowest BCUT2D eigenvalue weighted by Gasteiger charge is -2.29. The van der Waals surface area contributed by atoms with E-state index in [9.17, 15) is 13.2 Å². The summed E-state index contributed by atoms with van der Waals surface area (Å²) in [5.41, 5.74) is 0. The SMILES string of the molecule is Cn1nccc1S(=O)(=O)N1CCC[C@H](C(=O)O)C1. The second kappa shape index (κ2) is 4.69. The van der Waals surface area contributed by atoms with Gasteiger partial charge in [-0.3, -0.25) is 9.48 Å². The number of sulfonamides is 1. The Kier molecular flexibility index (Phi) is 3.40. The molecule has 2 rings (SSSR count). The first-order valence-electron chi connectivity index (χ1n) is 5.64. The van der Waals surface area contributed by atoms with E-state index >= 15 is 0 Å². The van der Waals surface area contributed by atoms with Gasteiger partial charge >= 0.3 is 5.97 Å². The molecule has 0 saturated carbocycles. The van der Waals surface area contributed by atoms with Crippen LogP contribution in [0.2, 0.25) is 0 Å². The Morgan fingerprint density at radius 2 is 2.28 bits per heavy atom. The molecule has 1 fully saturated rings. The summed E-state index contributed by atoms with van der Waals surface area (Å²) in [6, 6.07) is 1.42. The third kappa shape index (κ3) is 2.25. The zero-order valence-corrected chi connectivity index (χ0v) is 10.8. The summed E-state index contributed by atoms with van der Waals surface area (Å²) < 4.78 is 27.1. The Morgan fingerprint density at radius 3 is 2.83 bits per heavy atom. The number of piperidine rings is 1. The van der Waals surface area contributed by atoms with Crippen molar-refractivity contribution in [2.24, 2.45) is 13.0 Å². The van der Waals surface area contributed by atoms with Crippen LogP contribution in [0.4, 0.5) is 0 Å². The molecule has 100 valence electrons. The van der Waals surface area contributed by atoms with E-state index in [0.717, 1.165) is 0 Å². The van der Waals surface area contributed by atoms with E-state index in [1.807, 2.05) is 0 Å². The average molecular weight is 273 g/mol. The van der Waals surface area contributed by atoms with Crippen LogP contribution in [0.3, 0.4) is 0 Å². The maximum atomic E-state index is 12.3. The molecule has 18 heavy (non-hydrogen) atoms. The predicted molar refractivity (Wildman–Crippen MR) is 62.3 cm³/mol. The molecule has 1 aromatic heterocycles. The average Bonchev–Trinajstić information content (AvgIpc) is 2.76. The van der Waals surface area contributed by atoms with Gasteiger partial charge in [-0.1, -0.05) is 0 Å². The number of aromatic nitrogens is 2. The van der Waals surface area contributed by atoms with Crippen LogP contribution in [0.5, 0.6) is 0 Å². The third-order valence-corrected chi connectivity index (χ3v) is 5.05. The largest absolute Gasteiger partial charge is 0.481 e. The molecule has 0 spiro atoms. The highest BCUT2D eigenvalue weighted by molar-refractivity contribution is 7.89. The molecule has 1 saturated heterocycles. The molecule has 0 aromatic carbocycles. The zero-order valence-electron chi connectivity index (χ0n) is 9.98. The molecule has 7 nitrogen and oxygen atoms in total. The third-order valence-electron chi connectivity index (χ3n) is 3.11. The van der Waals surface area contributed by atoms with Crippen LogP contribution in [0, 0.1) is 5.92 Å². The van der Waals surface area contributed by atoms with Gasteiger partial charge in [0.25, 0.3) is 10.0 Å². The molecule has 0 bridgehead atoms. The summed E-state index contributed by atoms with van der Waals surface area (Å²) in [6.07, 6.45) is 2.49. The van der Waals surface area contributed by atoms with Crippen molar-refractivity contribution < 1.29 is 18.3 Å². The second-order valence-corrected chi connectivity index (χ2v) is 6.22. The van der Waals surface area contributed by atoms with E-state index in [4.69, 9.17) is 5.11 Å². The summed E-state index contributed by atoms with van der Waals surface area (Å²) in [7, 11) is -2.10. The van der Waals surface area contributed by atoms with Gasteiger partial charge in [0.2, 0.25) is 0 Å². The van der Waals surface area contributed by atoms with Crippen LogP contribution < -0.4 is 0 Å². The van der Waals surface area contributed by atoms with Crippen molar-refractivity contribution in [2.75, 3.05) is 13.1 Å². The maximum absolute atomic E-state index is 12.3. The molecule has 0 aliphatic carbocycles. The van der Waals surface area contributed by atoms with Gasteiger partial charge in [-0.05, 0) is 18.9 Å². The Labute approximate surface area is 105 Å². The molecule has 1 N–H and O–H groups in total. The Morgan fingerprint density at radius 1 is 1.56 bits per heavy atom. The summed E-state index contributed by atoms with van der Waals surface area (Å²) in [4.78, 5) is 10.9. The van der Waals surface area contributed by atoms with Crippen LogP contribution in [0.15, 0.2) is 17.3 Å². The first-order chi connectivity index (χ1) is 8.43. The number of hydrogen-bond acceptors (Lipinski definition) is 4. The van der Waals surface area contributed by atoms with Crippen molar-refractivity contribution in [3.63, 3.8) is 0 Å². The number of rotatable bonds is 3. The van der Waals surface area contributed by atoms with Crippen LogP contribution in [-0.4, -0.2) is 46.7 Å². The fraction of sp³-hybridized carbons (Fsp3) is 0.600. The van der Waals surface area contributed by atoms with Gasteiger partial charge in [0, 0.05) is 20.1 Å². The van der Waals surface area contributed by atoms with Crippen LogP contribution in [0.1, 0.15) is 12.8 Å². The lowest BCUT2D eigenvalue weighted by molar-refractivity contribution is -0.142. The molecule has 1 aliphatic heterocycles. The van der Waals surface area contributed by atoms with Crippen LogP contribution >= 0.6 is 0 Å². The minimum atomic E-state index is -3.65. The number of carbonyl (C=O) groups is 1.